The molecule has 0 aliphatic rings. The Labute approximate surface area is 189 Å². The zero-order valence-electron chi connectivity index (χ0n) is 17.3. The largest absolute Gasteiger partial charge is 0.481 e. The molecule has 3 aromatic rings. The second-order valence-electron chi connectivity index (χ2n) is 6.85. The lowest BCUT2D eigenvalue weighted by atomic mass is 10.1. The van der Waals surface area contributed by atoms with Crippen molar-refractivity contribution in [1.82, 2.24) is 5.43 Å². The number of thiophene rings is 1. The molecule has 0 aliphatic carbocycles. The Balaban J connectivity index is 1.56. The first-order valence-electron chi connectivity index (χ1n) is 9.55. The molecule has 0 bridgehead atoms. The number of hydrogen-bond acceptors (Lipinski definition) is 5. The van der Waals surface area contributed by atoms with Gasteiger partial charge >= 0.3 is 0 Å². The summed E-state index contributed by atoms with van der Waals surface area (Å²) in [5.41, 5.74) is 5.49. The first-order valence-corrected chi connectivity index (χ1v) is 10.8. The van der Waals surface area contributed by atoms with Gasteiger partial charge in [0.25, 0.3) is 11.8 Å². The Bertz CT molecular complexity index is 1100. The van der Waals surface area contributed by atoms with E-state index >= 15 is 0 Å². The third-order valence-electron chi connectivity index (χ3n) is 4.45. The number of rotatable bonds is 7. The minimum absolute atomic E-state index is 0.148. The Hall–Kier alpha value is -3.16. The van der Waals surface area contributed by atoms with Gasteiger partial charge in [0.05, 0.1) is 10.6 Å². The fraction of sp³-hybridized carbons (Fsp3) is 0.174. The number of amides is 2. The second kappa shape index (κ2) is 10.2. The van der Waals surface area contributed by atoms with E-state index in [1.807, 2.05) is 30.5 Å². The second-order valence-corrected chi connectivity index (χ2v) is 8.24. The molecule has 3 rings (SSSR count). The Kier molecular flexibility index (Phi) is 7.44. The van der Waals surface area contributed by atoms with E-state index in [1.165, 1.54) is 11.3 Å². The number of benzene rings is 2. The van der Waals surface area contributed by atoms with Gasteiger partial charge in [0.2, 0.25) is 0 Å². The molecular weight excluding hydrogens is 434 g/mol. The molecule has 0 saturated carbocycles. The molecule has 0 saturated heterocycles. The fourth-order valence-corrected chi connectivity index (χ4v) is 3.52. The van der Waals surface area contributed by atoms with Crippen LogP contribution in [0.4, 0.5) is 5.69 Å². The van der Waals surface area contributed by atoms with Crippen molar-refractivity contribution in [2.24, 2.45) is 5.10 Å². The monoisotopic (exact) mass is 455 g/mol. The summed E-state index contributed by atoms with van der Waals surface area (Å²) in [4.78, 5) is 25.1. The predicted octanol–water partition coefficient (Wildman–Crippen LogP) is 5.27. The van der Waals surface area contributed by atoms with Crippen LogP contribution in [0.2, 0.25) is 5.02 Å². The van der Waals surface area contributed by atoms with Crippen LogP contribution < -0.4 is 15.5 Å². The number of nitrogens with zero attached hydrogens (tertiary/aromatic N) is 1. The van der Waals surface area contributed by atoms with Gasteiger partial charge < -0.3 is 10.1 Å². The van der Waals surface area contributed by atoms with Crippen LogP contribution in [-0.4, -0.2) is 23.6 Å². The van der Waals surface area contributed by atoms with Gasteiger partial charge in [-0.1, -0.05) is 29.8 Å². The first-order chi connectivity index (χ1) is 14.8. The summed E-state index contributed by atoms with van der Waals surface area (Å²) >= 11 is 7.33. The Morgan fingerprint density at radius 2 is 1.87 bits per heavy atom. The molecule has 1 aromatic heterocycles. The van der Waals surface area contributed by atoms with Crippen LogP contribution >= 0.6 is 22.9 Å². The molecule has 1 atom stereocenters. The van der Waals surface area contributed by atoms with E-state index in [0.29, 0.717) is 27.0 Å². The van der Waals surface area contributed by atoms with Gasteiger partial charge in [0, 0.05) is 10.7 Å². The maximum absolute atomic E-state index is 12.3. The van der Waals surface area contributed by atoms with Gasteiger partial charge in [-0.3, -0.25) is 9.59 Å². The maximum atomic E-state index is 12.3. The van der Waals surface area contributed by atoms with Gasteiger partial charge in [-0.25, -0.2) is 5.43 Å². The number of hydrazone groups is 1. The summed E-state index contributed by atoms with van der Waals surface area (Å²) in [6, 6.07) is 16.0. The average molecular weight is 456 g/mol. The lowest BCUT2D eigenvalue weighted by Crippen LogP contribution is -2.34. The van der Waals surface area contributed by atoms with Crippen LogP contribution in [0.15, 0.2) is 65.1 Å². The predicted molar refractivity (Wildman–Crippen MR) is 125 cm³/mol. The number of ether oxygens (including phenoxy) is 1. The van der Waals surface area contributed by atoms with Gasteiger partial charge in [-0.05, 0) is 73.7 Å². The molecule has 2 aromatic carbocycles. The number of carbonyl (C=O) groups is 2. The van der Waals surface area contributed by atoms with Gasteiger partial charge in [0.15, 0.2) is 6.10 Å². The number of nitrogens with one attached hydrogen (secondary N) is 2. The van der Waals surface area contributed by atoms with Gasteiger partial charge in [-0.2, -0.15) is 5.10 Å². The number of halogens is 1. The third kappa shape index (κ3) is 6.16. The molecule has 0 aliphatic heterocycles. The van der Waals surface area contributed by atoms with Crippen LogP contribution in [-0.2, 0) is 4.79 Å². The maximum Gasteiger partial charge on any atom is 0.280 e. The van der Waals surface area contributed by atoms with Crippen LogP contribution in [0.5, 0.6) is 5.75 Å². The quantitative estimate of drug-likeness (QED) is 0.376. The molecule has 0 spiro atoms. The van der Waals surface area contributed by atoms with Gasteiger partial charge in [-0.15, -0.1) is 11.3 Å². The third-order valence-corrected chi connectivity index (χ3v) is 5.55. The molecule has 2 amide bonds. The molecule has 6 nitrogen and oxygen atoms in total. The standard InChI is InChI=1S/C23H22ClN3O3S/c1-14-13-18(24)8-11-20(14)30-16(3)22(28)27-26-15(2)17-6-9-19(10-7-17)25-23(29)21-5-4-12-31-21/h4-13,16H,1-3H3,(H,25,29)(H,27,28)/b26-15-/t16-/m1/s1. The van der Waals surface area contributed by atoms with E-state index in [-0.39, 0.29) is 11.8 Å². The Morgan fingerprint density at radius 1 is 1.13 bits per heavy atom. The van der Waals surface area contributed by atoms with Crippen molar-refractivity contribution in [2.45, 2.75) is 26.9 Å². The number of hydrogen-bond donors (Lipinski definition) is 2. The lowest BCUT2D eigenvalue weighted by Gasteiger charge is -2.15. The van der Waals surface area contributed by atoms with E-state index in [0.717, 1.165) is 11.1 Å². The highest BCUT2D eigenvalue weighted by atomic mass is 35.5. The average Bonchev–Trinajstić information content (AvgIpc) is 3.29. The van der Waals surface area contributed by atoms with E-state index in [1.54, 1.807) is 50.2 Å². The Morgan fingerprint density at radius 3 is 2.52 bits per heavy atom. The van der Waals surface area contributed by atoms with E-state index in [4.69, 9.17) is 16.3 Å². The SMILES string of the molecule is C/C(=N/NC(=O)[C@@H](C)Oc1ccc(Cl)cc1C)c1ccc(NC(=O)c2cccs2)cc1. The molecule has 1 heterocycles. The zero-order chi connectivity index (χ0) is 22.4. The summed E-state index contributed by atoms with van der Waals surface area (Å²) in [6.45, 7) is 5.30. The smallest absolute Gasteiger partial charge is 0.280 e. The van der Waals surface area contributed by atoms with Crippen molar-refractivity contribution < 1.29 is 14.3 Å². The zero-order valence-corrected chi connectivity index (χ0v) is 18.9. The van der Waals surface area contributed by atoms with E-state index < -0.39 is 6.10 Å². The molecule has 31 heavy (non-hydrogen) atoms. The van der Waals surface area contributed by atoms with Gasteiger partial charge in [0.1, 0.15) is 5.75 Å². The summed E-state index contributed by atoms with van der Waals surface area (Å²) in [7, 11) is 0. The highest BCUT2D eigenvalue weighted by molar-refractivity contribution is 7.12. The highest BCUT2D eigenvalue weighted by Gasteiger charge is 2.15. The molecular formula is C23H22ClN3O3S. The van der Waals surface area contributed by atoms with Crippen molar-refractivity contribution in [3.8, 4) is 5.75 Å². The molecule has 160 valence electrons. The molecule has 0 fully saturated rings. The molecule has 8 heteroatoms. The first kappa shape index (κ1) is 22.5. The number of aryl methyl sites for hydroxylation is 1. The van der Waals surface area contributed by atoms with Crippen LogP contribution in [0.3, 0.4) is 0 Å². The van der Waals surface area contributed by atoms with Crippen LogP contribution in [0.25, 0.3) is 0 Å². The summed E-state index contributed by atoms with van der Waals surface area (Å²) in [5.74, 6) is 0.0757. The lowest BCUT2D eigenvalue weighted by molar-refractivity contribution is -0.127. The van der Waals surface area contributed by atoms with Crippen molar-refractivity contribution >= 4 is 46.2 Å². The number of carbonyl (C=O) groups excluding carboxylic acids is 2. The van der Waals surface area contributed by atoms with Crippen LogP contribution in [0.1, 0.15) is 34.6 Å². The van der Waals surface area contributed by atoms with E-state index in [2.05, 4.69) is 15.8 Å². The highest BCUT2D eigenvalue weighted by Crippen LogP contribution is 2.23. The summed E-state index contributed by atoms with van der Waals surface area (Å²) in [6.07, 6.45) is -0.730. The number of anilines is 1. The van der Waals surface area contributed by atoms with E-state index in [9.17, 15) is 9.59 Å². The topological polar surface area (TPSA) is 79.8 Å². The van der Waals surface area contributed by atoms with Crippen molar-refractivity contribution in [1.29, 1.82) is 0 Å². The minimum Gasteiger partial charge on any atom is -0.481 e. The van der Waals surface area contributed by atoms with Crippen molar-refractivity contribution in [3.63, 3.8) is 0 Å². The van der Waals surface area contributed by atoms with Crippen molar-refractivity contribution in [2.75, 3.05) is 5.32 Å². The molecule has 0 unspecified atom stereocenters. The summed E-state index contributed by atoms with van der Waals surface area (Å²) < 4.78 is 5.70. The minimum atomic E-state index is -0.730. The normalized spacial score (nSPS) is 12.2. The fourth-order valence-electron chi connectivity index (χ4n) is 2.68. The van der Waals surface area contributed by atoms with Crippen molar-refractivity contribution in [3.05, 3.63) is 81.0 Å². The molecule has 2 N–H and O–H groups in total. The molecule has 0 radical (unpaired) electrons. The summed E-state index contributed by atoms with van der Waals surface area (Å²) in [5, 5.41) is 9.47. The van der Waals surface area contributed by atoms with Crippen LogP contribution in [0, 0.1) is 6.92 Å².